The van der Waals surface area contributed by atoms with Crippen LogP contribution in [0.4, 0.5) is 0 Å². The number of ketones is 1. The molecule has 5 nitrogen and oxygen atoms in total. The van der Waals surface area contributed by atoms with Crippen molar-refractivity contribution in [2.75, 3.05) is 19.6 Å². The third-order valence-corrected chi connectivity index (χ3v) is 5.23. The summed E-state index contributed by atoms with van der Waals surface area (Å²) in [6.45, 7) is 4.66. The number of Topliss-reactive ketones (excluding diaryl/α,β-unsaturated/α-hetero) is 1. The molecule has 1 N–H and O–H groups in total. The van der Waals surface area contributed by atoms with E-state index in [2.05, 4.69) is 9.88 Å². The van der Waals surface area contributed by atoms with Crippen molar-refractivity contribution in [2.45, 2.75) is 32.3 Å². The molecule has 2 aromatic rings. The Kier molecular flexibility index (Phi) is 5.66. The molecule has 0 spiro atoms. The van der Waals surface area contributed by atoms with Gasteiger partial charge in [0.05, 0.1) is 0 Å². The molecule has 1 aromatic carbocycles. The van der Waals surface area contributed by atoms with Crippen molar-refractivity contribution < 1.29 is 9.90 Å². The topological polar surface area (TPSA) is 58.4 Å². The van der Waals surface area contributed by atoms with E-state index in [0.29, 0.717) is 6.42 Å². The number of hydrogen-bond acceptors (Lipinski definition) is 4. The molecule has 1 unspecified atom stereocenters. The van der Waals surface area contributed by atoms with Gasteiger partial charge in [0.1, 0.15) is 11.9 Å². The largest absolute Gasteiger partial charge is 0.385 e. The van der Waals surface area contributed by atoms with Gasteiger partial charge < -0.3 is 14.6 Å². The van der Waals surface area contributed by atoms with Crippen LogP contribution in [0.2, 0.25) is 0 Å². The maximum absolute atomic E-state index is 12.3. The van der Waals surface area contributed by atoms with E-state index in [-0.39, 0.29) is 11.7 Å². The van der Waals surface area contributed by atoms with Gasteiger partial charge in [0.15, 0.2) is 5.78 Å². The van der Waals surface area contributed by atoms with Crippen molar-refractivity contribution in [2.24, 2.45) is 13.0 Å². The first-order chi connectivity index (χ1) is 12.0. The second-order valence-electron chi connectivity index (χ2n) is 7.06. The van der Waals surface area contributed by atoms with E-state index in [9.17, 15) is 9.90 Å². The number of nitrogens with zero attached hydrogens (tertiary/aromatic N) is 3. The molecule has 0 amide bonds. The van der Waals surface area contributed by atoms with Crippen LogP contribution >= 0.6 is 0 Å². The van der Waals surface area contributed by atoms with Crippen molar-refractivity contribution in [3.05, 3.63) is 53.6 Å². The number of rotatable bonds is 6. The standard InChI is InChI=1S/C20H27N3O2/c1-15-3-5-16(6-4-15)18(24)9-13-23-11-7-17(8-12-23)19(25)20-21-10-14-22(20)2/h3-6,10,14,17,19,25H,7-9,11-13H2,1-2H3. The summed E-state index contributed by atoms with van der Waals surface area (Å²) in [6.07, 6.45) is 5.51. The zero-order valence-electron chi connectivity index (χ0n) is 15.1. The molecular formula is C20H27N3O2. The van der Waals surface area contributed by atoms with Crippen LogP contribution in [0.25, 0.3) is 0 Å². The van der Waals surface area contributed by atoms with E-state index in [4.69, 9.17) is 0 Å². The van der Waals surface area contributed by atoms with Crippen molar-refractivity contribution in [3.8, 4) is 0 Å². The Bertz CT molecular complexity index is 700. The number of aryl methyl sites for hydroxylation is 2. The van der Waals surface area contributed by atoms with Gasteiger partial charge >= 0.3 is 0 Å². The molecule has 3 rings (SSSR count). The Morgan fingerprint density at radius 2 is 1.96 bits per heavy atom. The molecule has 1 aliphatic heterocycles. The van der Waals surface area contributed by atoms with E-state index in [0.717, 1.165) is 43.9 Å². The molecule has 1 aromatic heterocycles. The summed E-state index contributed by atoms with van der Waals surface area (Å²) in [5, 5.41) is 10.5. The maximum atomic E-state index is 12.3. The van der Waals surface area contributed by atoms with Gasteiger partial charge in [-0.2, -0.15) is 0 Å². The number of imidazole rings is 1. The van der Waals surface area contributed by atoms with Crippen LogP contribution in [0.3, 0.4) is 0 Å². The van der Waals surface area contributed by atoms with Crippen molar-refractivity contribution in [3.63, 3.8) is 0 Å². The highest BCUT2D eigenvalue weighted by Gasteiger charge is 2.28. The predicted octanol–water partition coefficient (Wildman–Crippen LogP) is 2.75. The lowest BCUT2D eigenvalue weighted by molar-refractivity contribution is 0.0503. The highest BCUT2D eigenvalue weighted by atomic mass is 16.3. The molecule has 5 heteroatoms. The monoisotopic (exact) mass is 341 g/mol. The van der Waals surface area contributed by atoms with Gasteiger partial charge in [-0.25, -0.2) is 4.98 Å². The van der Waals surface area contributed by atoms with Gasteiger partial charge in [-0.3, -0.25) is 4.79 Å². The van der Waals surface area contributed by atoms with E-state index in [1.165, 1.54) is 5.56 Å². The fourth-order valence-corrected chi connectivity index (χ4v) is 3.51. The molecule has 1 saturated heterocycles. The number of carbonyl (C=O) groups is 1. The van der Waals surface area contributed by atoms with E-state index < -0.39 is 6.10 Å². The zero-order valence-corrected chi connectivity index (χ0v) is 15.1. The van der Waals surface area contributed by atoms with Gasteiger partial charge in [0, 0.05) is 38.0 Å². The minimum absolute atomic E-state index is 0.204. The lowest BCUT2D eigenvalue weighted by Crippen LogP contribution is -2.37. The molecule has 0 radical (unpaired) electrons. The quantitative estimate of drug-likeness (QED) is 0.821. The fraction of sp³-hybridized carbons (Fsp3) is 0.500. The van der Waals surface area contributed by atoms with Crippen LogP contribution in [0, 0.1) is 12.8 Å². The van der Waals surface area contributed by atoms with Gasteiger partial charge in [-0.1, -0.05) is 29.8 Å². The number of hydrogen-bond donors (Lipinski definition) is 1. The fourth-order valence-electron chi connectivity index (χ4n) is 3.51. The maximum Gasteiger partial charge on any atom is 0.164 e. The smallest absolute Gasteiger partial charge is 0.164 e. The van der Waals surface area contributed by atoms with Crippen LogP contribution in [-0.4, -0.2) is 45.0 Å². The number of aliphatic hydroxyl groups excluding tert-OH is 1. The van der Waals surface area contributed by atoms with Crippen LogP contribution in [0.15, 0.2) is 36.7 Å². The normalized spacial score (nSPS) is 17.6. The van der Waals surface area contributed by atoms with Crippen LogP contribution < -0.4 is 0 Å². The lowest BCUT2D eigenvalue weighted by atomic mass is 9.90. The summed E-state index contributed by atoms with van der Waals surface area (Å²) in [5.74, 6) is 1.19. The summed E-state index contributed by atoms with van der Waals surface area (Å²) in [5.41, 5.74) is 1.97. The second kappa shape index (κ2) is 7.93. The average molecular weight is 341 g/mol. The first-order valence-electron chi connectivity index (χ1n) is 9.02. The Labute approximate surface area is 149 Å². The molecule has 25 heavy (non-hydrogen) atoms. The molecule has 0 saturated carbocycles. The Morgan fingerprint density at radius 1 is 1.28 bits per heavy atom. The number of piperidine rings is 1. The molecular weight excluding hydrogens is 314 g/mol. The Balaban J connectivity index is 1.45. The second-order valence-corrected chi connectivity index (χ2v) is 7.06. The molecule has 1 aliphatic rings. The van der Waals surface area contributed by atoms with Gasteiger partial charge in [-0.05, 0) is 38.8 Å². The number of benzene rings is 1. The minimum atomic E-state index is -0.503. The third kappa shape index (κ3) is 4.35. The SMILES string of the molecule is Cc1ccc(C(=O)CCN2CCC(C(O)c3nccn3C)CC2)cc1. The molecule has 2 heterocycles. The van der Waals surface area contributed by atoms with Crippen molar-refractivity contribution in [1.29, 1.82) is 0 Å². The molecule has 134 valence electrons. The third-order valence-electron chi connectivity index (χ3n) is 5.23. The van der Waals surface area contributed by atoms with Crippen LogP contribution in [0.1, 0.15) is 47.1 Å². The zero-order chi connectivity index (χ0) is 17.8. The van der Waals surface area contributed by atoms with Crippen LogP contribution in [0.5, 0.6) is 0 Å². The lowest BCUT2D eigenvalue weighted by Gasteiger charge is -2.33. The highest BCUT2D eigenvalue weighted by molar-refractivity contribution is 5.96. The Hall–Kier alpha value is -1.98. The number of carbonyl (C=O) groups excluding carboxylic acids is 1. The first-order valence-corrected chi connectivity index (χ1v) is 9.02. The predicted molar refractivity (Wildman–Crippen MR) is 97.5 cm³/mol. The minimum Gasteiger partial charge on any atom is -0.385 e. The summed E-state index contributed by atoms with van der Waals surface area (Å²) in [4.78, 5) is 18.9. The van der Waals surface area contributed by atoms with E-state index in [1.54, 1.807) is 6.20 Å². The van der Waals surface area contributed by atoms with Crippen molar-refractivity contribution in [1.82, 2.24) is 14.5 Å². The molecule has 1 fully saturated rings. The van der Waals surface area contributed by atoms with Crippen molar-refractivity contribution >= 4 is 5.78 Å². The van der Waals surface area contributed by atoms with Crippen LogP contribution in [-0.2, 0) is 7.05 Å². The van der Waals surface area contributed by atoms with Gasteiger partial charge in [0.25, 0.3) is 0 Å². The summed E-state index contributed by atoms with van der Waals surface area (Å²) in [7, 11) is 1.91. The molecule has 0 bridgehead atoms. The number of likely N-dealkylation sites (tertiary alicyclic amines) is 1. The van der Waals surface area contributed by atoms with Gasteiger partial charge in [-0.15, -0.1) is 0 Å². The highest BCUT2D eigenvalue weighted by Crippen LogP contribution is 2.29. The summed E-state index contributed by atoms with van der Waals surface area (Å²) >= 11 is 0. The summed E-state index contributed by atoms with van der Waals surface area (Å²) in [6, 6.07) is 7.79. The van der Waals surface area contributed by atoms with Gasteiger partial charge in [0.2, 0.25) is 0 Å². The number of aliphatic hydroxyl groups is 1. The average Bonchev–Trinajstić information content (AvgIpc) is 3.06. The number of aromatic nitrogens is 2. The summed E-state index contributed by atoms with van der Waals surface area (Å²) < 4.78 is 1.89. The molecule has 0 aliphatic carbocycles. The molecule has 1 atom stereocenters. The van der Waals surface area contributed by atoms with E-state index >= 15 is 0 Å². The van der Waals surface area contributed by atoms with E-state index in [1.807, 2.05) is 49.0 Å². The Morgan fingerprint density at radius 3 is 2.56 bits per heavy atom. The first kappa shape index (κ1) is 17.8.